The van der Waals surface area contributed by atoms with Crippen LogP contribution in [0.15, 0.2) is 36.4 Å². The zero-order valence-corrected chi connectivity index (χ0v) is 11.4. The lowest BCUT2D eigenvalue weighted by atomic mass is 10.1. The first kappa shape index (κ1) is 13.1. The molecular formula is C16H12ClFO2. The Bertz CT molecular complexity index is 682. The predicted octanol–water partition coefficient (Wildman–Crippen LogP) is 4.19. The van der Waals surface area contributed by atoms with Crippen LogP contribution in [0.5, 0.6) is 5.75 Å². The van der Waals surface area contributed by atoms with E-state index in [1.165, 1.54) is 12.1 Å². The minimum Gasteiger partial charge on any atom is -0.489 e. The van der Waals surface area contributed by atoms with Gasteiger partial charge in [0, 0.05) is 17.5 Å². The molecule has 0 fully saturated rings. The summed E-state index contributed by atoms with van der Waals surface area (Å²) in [5.74, 6) is 0.516. The Hall–Kier alpha value is -1.87. The first-order valence-corrected chi connectivity index (χ1v) is 6.74. The number of aryl methyl sites for hydroxylation is 1. The molecule has 0 atom stereocenters. The van der Waals surface area contributed by atoms with Crippen LogP contribution < -0.4 is 4.74 Å². The third-order valence-electron chi connectivity index (χ3n) is 3.41. The van der Waals surface area contributed by atoms with Gasteiger partial charge < -0.3 is 4.74 Å². The van der Waals surface area contributed by atoms with Crippen LogP contribution in [0.25, 0.3) is 0 Å². The van der Waals surface area contributed by atoms with Crippen molar-refractivity contribution in [2.75, 3.05) is 0 Å². The fraction of sp³-hybridized carbons (Fsp3) is 0.188. The first-order valence-electron chi connectivity index (χ1n) is 6.36. The standard InChI is InChI=1S/C16H12ClFO2/c17-15-8-12(18)3-1-11(15)9-20-13-4-5-14-10(7-13)2-6-16(14)19/h1,3-5,7-8H,2,6,9H2. The molecule has 0 radical (unpaired) electrons. The third-order valence-corrected chi connectivity index (χ3v) is 3.76. The van der Waals surface area contributed by atoms with E-state index in [9.17, 15) is 9.18 Å². The largest absolute Gasteiger partial charge is 0.489 e. The minimum atomic E-state index is -0.366. The fourth-order valence-corrected chi connectivity index (χ4v) is 2.54. The maximum atomic E-state index is 12.9. The quantitative estimate of drug-likeness (QED) is 0.847. The van der Waals surface area contributed by atoms with Crippen molar-refractivity contribution in [1.82, 2.24) is 0 Å². The smallest absolute Gasteiger partial charge is 0.163 e. The molecular weight excluding hydrogens is 279 g/mol. The van der Waals surface area contributed by atoms with E-state index in [2.05, 4.69) is 0 Å². The summed E-state index contributed by atoms with van der Waals surface area (Å²) in [6, 6.07) is 9.69. The first-order chi connectivity index (χ1) is 9.63. The lowest BCUT2D eigenvalue weighted by Gasteiger charge is -2.09. The van der Waals surface area contributed by atoms with Gasteiger partial charge in [-0.1, -0.05) is 17.7 Å². The second kappa shape index (κ2) is 5.25. The number of fused-ring (bicyclic) bond motifs is 1. The highest BCUT2D eigenvalue weighted by atomic mass is 35.5. The Balaban J connectivity index is 1.74. The third kappa shape index (κ3) is 2.54. The normalized spacial score (nSPS) is 13.4. The van der Waals surface area contributed by atoms with Gasteiger partial charge in [-0.05, 0) is 42.3 Å². The number of hydrogen-bond acceptors (Lipinski definition) is 2. The molecule has 102 valence electrons. The second-order valence-corrected chi connectivity index (χ2v) is 5.17. The SMILES string of the molecule is O=C1CCc2cc(OCc3ccc(F)cc3Cl)ccc21. The van der Waals surface area contributed by atoms with Crippen LogP contribution in [0, 0.1) is 5.82 Å². The topological polar surface area (TPSA) is 26.3 Å². The summed E-state index contributed by atoms with van der Waals surface area (Å²) in [6.45, 7) is 0.270. The van der Waals surface area contributed by atoms with Gasteiger partial charge in [0.1, 0.15) is 18.2 Å². The van der Waals surface area contributed by atoms with Crippen molar-refractivity contribution in [2.24, 2.45) is 0 Å². The monoisotopic (exact) mass is 290 g/mol. The molecule has 0 aliphatic heterocycles. The van der Waals surface area contributed by atoms with Crippen LogP contribution in [0.1, 0.15) is 27.9 Å². The summed E-state index contributed by atoms with van der Waals surface area (Å²) in [6.07, 6.45) is 1.34. The lowest BCUT2D eigenvalue weighted by Crippen LogP contribution is -1.98. The van der Waals surface area contributed by atoms with Gasteiger partial charge >= 0.3 is 0 Å². The Labute approximate surface area is 121 Å². The van der Waals surface area contributed by atoms with Crippen molar-refractivity contribution >= 4 is 17.4 Å². The average molecular weight is 291 g/mol. The van der Waals surface area contributed by atoms with Crippen LogP contribution in [0.2, 0.25) is 5.02 Å². The molecule has 0 saturated carbocycles. The summed E-state index contributed by atoms with van der Waals surface area (Å²) < 4.78 is 18.6. The van der Waals surface area contributed by atoms with Crippen LogP contribution in [-0.2, 0) is 13.0 Å². The van der Waals surface area contributed by atoms with Crippen LogP contribution in [-0.4, -0.2) is 5.78 Å². The molecule has 1 aliphatic carbocycles. The summed E-state index contributed by atoms with van der Waals surface area (Å²) in [5, 5.41) is 0.348. The molecule has 0 bridgehead atoms. The molecule has 3 rings (SSSR count). The molecule has 20 heavy (non-hydrogen) atoms. The van der Waals surface area contributed by atoms with Crippen molar-refractivity contribution in [3.63, 3.8) is 0 Å². The summed E-state index contributed by atoms with van der Waals surface area (Å²) >= 11 is 5.94. The van der Waals surface area contributed by atoms with Gasteiger partial charge in [0.25, 0.3) is 0 Å². The maximum absolute atomic E-state index is 12.9. The van der Waals surface area contributed by atoms with Crippen LogP contribution in [0.4, 0.5) is 4.39 Å². The number of carbonyl (C=O) groups excluding carboxylic acids is 1. The molecule has 2 aromatic rings. The Kier molecular flexibility index (Phi) is 3.45. The van der Waals surface area contributed by atoms with E-state index in [1.807, 2.05) is 6.07 Å². The second-order valence-electron chi connectivity index (χ2n) is 4.77. The molecule has 0 spiro atoms. The summed E-state index contributed by atoms with van der Waals surface area (Å²) in [4.78, 5) is 11.5. The number of benzene rings is 2. The van der Waals surface area contributed by atoms with Gasteiger partial charge in [-0.2, -0.15) is 0 Å². The zero-order chi connectivity index (χ0) is 14.1. The van der Waals surface area contributed by atoms with Gasteiger partial charge in [0.05, 0.1) is 5.02 Å². The molecule has 0 amide bonds. The molecule has 2 aromatic carbocycles. The zero-order valence-electron chi connectivity index (χ0n) is 10.7. The predicted molar refractivity (Wildman–Crippen MR) is 74.8 cm³/mol. The van der Waals surface area contributed by atoms with E-state index in [-0.39, 0.29) is 18.2 Å². The molecule has 1 aliphatic rings. The molecule has 0 saturated heterocycles. The van der Waals surface area contributed by atoms with Crippen molar-refractivity contribution < 1.29 is 13.9 Å². The number of Topliss-reactive ketones (excluding diaryl/α,β-unsaturated/α-hetero) is 1. The van der Waals surface area contributed by atoms with Crippen molar-refractivity contribution in [1.29, 1.82) is 0 Å². The van der Waals surface area contributed by atoms with Crippen LogP contribution in [0.3, 0.4) is 0 Å². The van der Waals surface area contributed by atoms with Gasteiger partial charge in [0.15, 0.2) is 5.78 Å². The van der Waals surface area contributed by atoms with Crippen molar-refractivity contribution in [3.8, 4) is 5.75 Å². The lowest BCUT2D eigenvalue weighted by molar-refractivity contribution is 0.0994. The summed E-state index contributed by atoms with van der Waals surface area (Å²) in [5.41, 5.74) is 2.54. The molecule has 0 unspecified atom stereocenters. The number of carbonyl (C=O) groups is 1. The van der Waals surface area contributed by atoms with Crippen molar-refractivity contribution in [3.05, 3.63) is 63.9 Å². The van der Waals surface area contributed by atoms with Gasteiger partial charge in [0.2, 0.25) is 0 Å². The van der Waals surface area contributed by atoms with Gasteiger partial charge in [-0.15, -0.1) is 0 Å². The van der Waals surface area contributed by atoms with Crippen molar-refractivity contribution in [2.45, 2.75) is 19.4 Å². The van der Waals surface area contributed by atoms with E-state index in [0.717, 1.165) is 23.1 Å². The van der Waals surface area contributed by atoms with Gasteiger partial charge in [-0.25, -0.2) is 4.39 Å². The number of halogens is 2. The minimum absolute atomic E-state index is 0.188. The van der Waals surface area contributed by atoms with E-state index in [0.29, 0.717) is 17.2 Å². The fourth-order valence-electron chi connectivity index (χ4n) is 2.32. The maximum Gasteiger partial charge on any atom is 0.163 e. The highest BCUT2D eigenvalue weighted by Crippen LogP contribution is 2.27. The van der Waals surface area contributed by atoms with E-state index in [4.69, 9.17) is 16.3 Å². The molecule has 4 heteroatoms. The Morgan fingerprint density at radius 2 is 2.00 bits per heavy atom. The Morgan fingerprint density at radius 1 is 1.15 bits per heavy atom. The number of rotatable bonds is 3. The molecule has 2 nitrogen and oxygen atoms in total. The highest BCUT2D eigenvalue weighted by molar-refractivity contribution is 6.31. The number of ketones is 1. The average Bonchev–Trinajstić information content (AvgIpc) is 2.79. The summed E-state index contributed by atoms with van der Waals surface area (Å²) in [7, 11) is 0. The molecule has 0 aromatic heterocycles. The molecule has 0 heterocycles. The number of hydrogen-bond donors (Lipinski definition) is 0. The van der Waals surface area contributed by atoms with E-state index < -0.39 is 0 Å². The number of ether oxygens (including phenoxy) is 1. The van der Waals surface area contributed by atoms with E-state index >= 15 is 0 Å². The molecule has 0 N–H and O–H groups in total. The highest BCUT2D eigenvalue weighted by Gasteiger charge is 2.19. The van der Waals surface area contributed by atoms with E-state index in [1.54, 1.807) is 18.2 Å². The van der Waals surface area contributed by atoms with Crippen LogP contribution >= 0.6 is 11.6 Å². The van der Waals surface area contributed by atoms with Gasteiger partial charge in [-0.3, -0.25) is 4.79 Å². The Morgan fingerprint density at radius 3 is 2.80 bits per heavy atom.